The molecule has 3 heterocycles. The number of anilines is 2. The summed E-state index contributed by atoms with van der Waals surface area (Å²) in [5, 5.41) is 1.03. The summed E-state index contributed by atoms with van der Waals surface area (Å²) in [7, 11) is 1.63. The van der Waals surface area contributed by atoms with Crippen molar-refractivity contribution in [3.63, 3.8) is 0 Å². The number of rotatable bonds is 2. The average Bonchev–Trinajstić information content (AvgIpc) is 3.17. The molecule has 2 aliphatic heterocycles. The molecule has 6 rings (SSSR count). The fraction of sp³-hybridized carbons (Fsp3) is 0.160. The lowest BCUT2D eigenvalue weighted by Crippen LogP contribution is -2.50. The van der Waals surface area contributed by atoms with Crippen molar-refractivity contribution in [1.82, 2.24) is 9.88 Å². The number of nitrogens with one attached hydrogen (secondary N) is 1. The zero-order chi connectivity index (χ0) is 22.9. The summed E-state index contributed by atoms with van der Waals surface area (Å²) in [5.74, 6) is -0.401. The summed E-state index contributed by atoms with van der Waals surface area (Å²) in [6, 6.07) is 14.6. The molecule has 0 bridgehead atoms. The standard InChI is InChI=1S/C25H18BrF2N3O2/c1-33-17-3-4-21-19(12-17)18-6-7-30-24(23(18)29-21)31(16-9-13(26)8-15(28)10-16)22-5-2-14(27)11-20(22)25(30)32/h2-5,8-12,24,29H,6-7H2,1H3. The summed E-state index contributed by atoms with van der Waals surface area (Å²) < 4.78 is 34.6. The molecule has 2 aliphatic rings. The molecule has 1 N–H and O–H groups in total. The third-order valence-electron chi connectivity index (χ3n) is 6.38. The minimum atomic E-state index is -0.536. The Morgan fingerprint density at radius 2 is 1.91 bits per heavy atom. The van der Waals surface area contributed by atoms with Crippen molar-refractivity contribution in [1.29, 1.82) is 0 Å². The number of benzene rings is 3. The topological polar surface area (TPSA) is 48.6 Å². The smallest absolute Gasteiger partial charge is 0.258 e. The van der Waals surface area contributed by atoms with Gasteiger partial charge < -0.3 is 19.5 Å². The lowest BCUT2D eigenvalue weighted by atomic mass is 9.95. The second-order valence-corrected chi connectivity index (χ2v) is 9.13. The predicted molar refractivity (Wildman–Crippen MR) is 125 cm³/mol. The number of H-pyrrole nitrogens is 1. The van der Waals surface area contributed by atoms with Crippen LogP contribution in [0.2, 0.25) is 0 Å². The van der Waals surface area contributed by atoms with Gasteiger partial charge in [-0.25, -0.2) is 8.78 Å². The summed E-state index contributed by atoms with van der Waals surface area (Å²) in [6.07, 6.45) is 0.0992. The van der Waals surface area contributed by atoms with Crippen molar-refractivity contribution in [3.8, 4) is 5.75 Å². The lowest BCUT2D eigenvalue weighted by Gasteiger charge is -2.47. The number of nitrogens with zero attached hydrogens (tertiary/aromatic N) is 2. The highest BCUT2D eigenvalue weighted by Gasteiger charge is 2.44. The van der Waals surface area contributed by atoms with Crippen LogP contribution in [0.5, 0.6) is 5.75 Å². The number of aromatic amines is 1. The maximum atomic E-state index is 14.5. The van der Waals surface area contributed by atoms with E-state index in [-0.39, 0.29) is 11.5 Å². The number of ether oxygens (including phenoxy) is 1. The maximum absolute atomic E-state index is 14.5. The zero-order valence-corrected chi connectivity index (χ0v) is 19.1. The summed E-state index contributed by atoms with van der Waals surface area (Å²) >= 11 is 3.38. The van der Waals surface area contributed by atoms with Crippen LogP contribution in [-0.2, 0) is 6.42 Å². The molecule has 1 aromatic heterocycles. The van der Waals surface area contributed by atoms with Gasteiger partial charge in [0.25, 0.3) is 5.91 Å². The van der Waals surface area contributed by atoms with E-state index in [0.717, 1.165) is 27.9 Å². The quantitative estimate of drug-likeness (QED) is 0.357. The number of amides is 1. The molecule has 8 heteroatoms. The van der Waals surface area contributed by atoms with Crippen LogP contribution >= 0.6 is 15.9 Å². The van der Waals surface area contributed by atoms with E-state index >= 15 is 0 Å². The Morgan fingerprint density at radius 3 is 2.70 bits per heavy atom. The number of methoxy groups -OCH3 is 1. The minimum absolute atomic E-state index is 0.247. The van der Waals surface area contributed by atoms with Crippen molar-refractivity contribution in [2.75, 3.05) is 18.6 Å². The lowest BCUT2D eigenvalue weighted by molar-refractivity contribution is 0.0641. The van der Waals surface area contributed by atoms with E-state index in [2.05, 4.69) is 20.9 Å². The summed E-state index contributed by atoms with van der Waals surface area (Å²) in [6.45, 7) is 0.448. The first-order valence-electron chi connectivity index (χ1n) is 10.5. The molecule has 0 fully saturated rings. The van der Waals surface area contributed by atoms with Crippen LogP contribution in [0.3, 0.4) is 0 Å². The number of carbonyl (C=O) groups excluding carboxylic acids is 1. The number of aromatic nitrogens is 1. The van der Waals surface area contributed by atoms with Crippen LogP contribution < -0.4 is 9.64 Å². The first-order valence-corrected chi connectivity index (χ1v) is 11.3. The highest BCUT2D eigenvalue weighted by molar-refractivity contribution is 9.10. The fourth-order valence-electron chi connectivity index (χ4n) is 4.99. The number of fused-ring (bicyclic) bond motifs is 6. The van der Waals surface area contributed by atoms with E-state index < -0.39 is 17.8 Å². The van der Waals surface area contributed by atoms with Gasteiger partial charge in [0.05, 0.1) is 24.1 Å². The van der Waals surface area contributed by atoms with Gasteiger partial charge in [-0.05, 0) is 66.6 Å². The maximum Gasteiger partial charge on any atom is 0.258 e. The number of halogens is 3. The molecule has 1 unspecified atom stereocenters. The van der Waals surface area contributed by atoms with Gasteiger partial charge in [-0.1, -0.05) is 15.9 Å². The Bertz CT molecular complexity index is 1430. The van der Waals surface area contributed by atoms with Crippen molar-refractivity contribution >= 4 is 44.1 Å². The Labute approximate surface area is 196 Å². The summed E-state index contributed by atoms with van der Waals surface area (Å²) in [5.41, 5.74) is 4.22. The highest BCUT2D eigenvalue weighted by Crippen LogP contribution is 2.48. The van der Waals surface area contributed by atoms with Gasteiger partial charge >= 0.3 is 0 Å². The fourth-order valence-corrected chi connectivity index (χ4v) is 5.44. The molecule has 0 radical (unpaired) electrons. The molecular weight excluding hydrogens is 492 g/mol. The average molecular weight is 510 g/mol. The highest BCUT2D eigenvalue weighted by atomic mass is 79.9. The third kappa shape index (κ3) is 3.04. The van der Waals surface area contributed by atoms with Crippen LogP contribution in [0.4, 0.5) is 20.2 Å². The molecule has 5 nitrogen and oxygen atoms in total. The molecule has 0 spiro atoms. The number of hydrogen-bond donors (Lipinski definition) is 1. The van der Waals surface area contributed by atoms with E-state index in [4.69, 9.17) is 4.74 Å². The van der Waals surface area contributed by atoms with Crippen LogP contribution in [-0.4, -0.2) is 29.4 Å². The summed E-state index contributed by atoms with van der Waals surface area (Å²) in [4.78, 5) is 20.6. The number of hydrogen-bond acceptors (Lipinski definition) is 3. The van der Waals surface area contributed by atoms with Gasteiger partial charge in [0.2, 0.25) is 0 Å². The van der Waals surface area contributed by atoms with Crippen LogP contribution in [0.15, 0.2) is 59.1 Å². The van der Waals surface area contributed by atoms with Gasteiger partial charge in [0.15, 0.2) is 6.17 Å². The predicted octanol–water partition coefficient (Wildman–Crippen LogP) is 6.07. The Morgan fingerprint density at radius 1 is 1.06 bits per heavy atom. The van der Waals surface area contributed by atoms with Gasteiger partial charge in [-0.2, -0.15) is 0 Å². The third-order valence-corrected chi connectivity index (χ3v) is 6.84. The SMILES string of the molecule is COc1ccc2[nH]c3c(c2c1)CCN1C(=O)c2cc(F)ccc2N(c2cc(F)cc(Br)c2)C31. The van der Waals surface area contributed by atoms with E-state index in [0.29, 0.717) is 28.8 Å². The molecule has 4 aromatic rings. The Balaban J connectivity index is 1.63. The van der Waals surface area contributed by atoms with E-state index in [1.807, 2.05) is 23.1 Å². The van der Waals surface area contributed by atoms with Crippen LogP contribution in [0.1, 0.15) is 27.8 Å². The van der Waals surface area contributed by atoms with Crippen molar-refractivity contribution in [2.24, 2.45) is 0 Å². The molecular formula is C25H18BrF2N3O2. The van der Waals surface area contributed by atoms with Crippen molar-refractivity contribution < 1.29 is 18.3 Å². The number of carbonyl (C=O) groups is 1. The second kappa shape index (κ2) is 7.31. The van der Waals surface area contributed by atoms with E-state index in [9.17, 15) is 13.6 Å². The first kappa shape index (κ1) is 20.2. The van der Waals surface area contributed by atoms with Crippen LogP contribution in [0.25, 0.3) is 10.9 Å². The van der Waals surface area contributed by atoms with Crippen molar-refractivity contribution in [3.05, 3.63) is 87.5 Å². The van der Waals surface area contributed by atoms with Crippen molar-refractivity contribution in [2.45, 2.75) is 12.6 Å². The molecule has 1 atom stereocenters. The molecule has 0 saturated carbocycles. The first-order chi connectivity index (χ1) is 15.9. The van der Waals surface area contributed by atoms with Crippen LogP contribution in [0, 0.1) is 11.6 Å². The monoisotopic (exact) mass is 509 g/mol. The van der Waals surface area contributed by atoms with Gasteiger partial charge in [0, 0.05) is 27.6 Å². The molecule has 0 aliphatic carbocycles. The Hall–Kier alpha value is -3.39. The molecule has 33 heavy (non-hydrogen) atoms. The van der Waals surface area contributed by atoms with Gasteiger partial charge in [0.1, 0.15) is 17.4 Å². The second-order valence-electron chi connectivity index (χ2n) is 8.21. The Kier molecular flexibility index (Phi) is 4.48. The molecule has 3 aromatic carbocycles. The van der Waals surface area contributed by atoms with Gasteiger partial charge in [-0.15, -0.1) is 0 Å². The normalized spacial score (nSPS) is 17.1. The van der Waals surface area contributed by atoms with E-state index in [1.54, 1.807) is 24.1 Å². The zero-order valence-electron chi connectivity index (χ0n) is 17.5. The van der Waals surface area contributed by atoms with E-state index in [1.165, 1.54) is 24.3 Å². The minimum Gasteiger partial charge on any atom is -0.497 e. The molecule has 166 valence electrons. The molecule has 1 amide bonds. The van der Waals surface area contributed by atoms with Gasteiger partial charge in [-0.3, -0.25) is 4.79 Å². The molecule has 0 saturated heterocycles. The largest absolute Gasteiger partial charge is 0.497 e.